The molecule has 0 spiro atoms. The molecule has 116 valence electrons. The molecular formula is C14H18FNO4S. The van der Waals surface area contributed by atoms with Crippen molar-refractivity contribution in [3.8, 4) is 5.75 Å². The zero-order valence-corrected chi connectivity index (χ0v) is 12.8. The van der Waals surface area contributed by atoms with Crippen molar-refractivity contribution in [1.29, 1.82) is 0 Å². The highest BCUT2D eigenvalue weighted by molar-refractivity contribution is 7.86. The van der Waals surface area contributed by atoms with Crippen molar-refractivity contribution in [3.63, 3.8) is 0 Å². The molecule has 2 rings (SSSR count). The van der Waals surface area contributed by atoms with Crippen molar-refractivity contribution in [3.05, 3.63) is 29.8 Å². The summed E-state index contributed by atoms with van der Waals surface area (Å²) in [6, 6.07) is 7.09. The van der Waals surface area contributed by atoms with Crippen LogP contribution in [-0.4, -0.2) is 38.6 Å². The van der Waals surface area contributed by atoms with Crippen LogP contribution in [0.5, 0.6) is 5.75 Å². The maximum absolute atomic E-state index is 12.8. The van der Waals surface area contributed by atoms with Crippen molar-refractivity contribution < 1.29 is 21.8 Å². The summed E-state index contributed by atoms with van der Waals surface area (Å²) in [7, 11) is -3.01. The molecular weight excluding hydrogens is 297 g/mol. The fourth-order valence-electron chi connectivity index (χ4n) is 2.76. The van der Waals surface area contributed by atoms with Crippen LogP contribution >= 0.6 is 0 Å². The number of carbonyl (C=O) groups excluding carboxylic acids is 1. The molecule has 21 heavy (non-hydrogen) atoms. The predicted octanol–water partition coefficient (Wildman–Crippen LogP) is 1.90. The summed E-state index contributed by atoms with van der Waals surface area (Å²) in [6.45, 7) is 2.09. The average molecular weight is 315 g/mol. The second-order valence-electron chi connectivity index (χ2n) is 5.24. The van der Waals surface area contributed by atoms with E-state index in [-0.39, 0.29) is 24.9 Å². The summed E-state index contributed by atoms with van der Waals surface area (Å²) >= 11 is 0. The number of amides is 1. The van der Waals surface area contributed by atoms with Gasteiger partial charge in [0.15, 0.2) is 0 Å². The number of hydrogen-bond donors (Lipinski definition) is 0. The molecule has 1 aliphatic heterocycles. The Morgan fingerprint density at radius 3 is 2.71 bits per heavy atom. The van der Waals surface area contributed by atoms with Crippen molar-refractivity contribution in [2.75, 3.05) is 19.4 Å². The molecule has 0 aromatic heterocycles. The van der Waals surface area contributed by atoms with Gasteiger partial charge >= 0.3 is 10.2 Å². The number of halogens is 1. The van der Waals surface area contributed by atoms with Gasteiger partial charge in [0.05, 0.1) is 18.9 Å². The highest BCUT2D eigenvalue weighted by Crippen LogP contribution is 2.33. The van der Waals surface area contributed by atoms with E-state index < -0.39 is 21.9 Å². The summed E-state index contributed by atoms with van der Waals surface area (Å²) in [4.78, 5) is 13.6. The number of ether oxygens (including phenoxy) is 1. The van der Waals surface area contributed by atoms with E-state index in [1.54, 1.807) is 18.1 Å². The quantitative estimate of drug-likeness (QED) is 0.779. The van der Waals surface area contributed by atoms with Crippen LogP contribution in [0.25, 0.3) is 0 Å². The minimum Gasteiger partial charge on any atom is -0.496 e. The van der Waals surface area contributed by atoms with Gasteiger partial charge in [-0.25, -0.2) is 0 Å². The van der Waals surface area contributed by atoms with Crippen LogP contribution in [0.2, 0.25) is 0 Å². The fraction of sp³-hybridized carbons (Fsp3) is 0.500. The van der Waals surface area contributed by atoms with Crippen LogP contribution in [0.4, 0.5) is 3.89 Å². The van der Waals surface area contributed by atoms with E-state index in [0.29, 0.717) is 5.75 Å². The highest BCUT2D eigenvalue weighted by atomic mass is 32.3. The minimum atomic E-state index is -4.56. The lowest BCUT2D eigenvalue weighted by Crippen LogP contribution is -2.29. The third-order valence-corrected chi connectivity index (χ3v) is 4.60. The molecule has 1 amide bonds. The van der Waals surface area contributed by atoms with Crippen LogP contribution in [0, 0.1) is 5.92 Å². The number of carbonyl (C=O) groups is 1. The van der Waals surface area contributed by atoms with Crippen molar-refractivity contribution in [2.45, 2.75) is 19.4 Å². The molecule has 0 aliphatic carbocycles. The molecule has 0 radical (unpaired) electrons. The van der Waals surface area contributed by atoms with Gasteiger partial charge < -0.3 is 9.64 Å². The lowest BCUT2D eigenvalue weighted by molar-refractivity contribution is -0.129. The van der Waals surface area contributed by atoms with E-state index in [9.17, 15) is 17.1 Å². The Hall–Kier alpha value is -1.63. The summed E-state index contributed by atoms with van der Waals surface area (Å²) < 4.78 is 39.5. The molecule has 1 aromatic carbocycles. The van der Waals surface area contributed by atoms with Gasteiger partial charge in [0.1, 0.15) is 5.75 Å². The number of nitrogens with zero attached hydrogens (tertiary/aromatic N) is 1. The second-order valence-corrected chi connectivity index (χ2v) is 6.65. The van der Waals surface area contributed by atoms with Gasteiger partial charge in [-0.15, -0.1) is 3.89 Å². The van der Waals surface area contributed by atoms with Crippen LogP contribution in [0.15, 0.2) is 24.3 Å². The maximum atomic E-state index is 12.8. The van der Waals surface area contributed by atoms with Crippen LogP contribution in [0.3, 0.4) is 0 Å². The van der Waals surface area contributed by atoms with E-state index >= 15 is 0 Å². The van der Waals surface area contributed by atoms with Gasteiger partial charge in [-0.1, -0.05) is 18.2 Å². The summed E-state index contributed by atoms with van der Waals surface area (Å²) in [6.07, 6.45) is 0.0582. The number of benzene rings is 1. The summed E-state index contributed by atoms with van der Waals surface area (Å²) in [5.74, 6) is -0.598. The number of hydrogen-bond acceptors (Lipinski definition) is 4. The van der Waals surface area contributed by atoms with E-state index in [1.165, 1.54) is 0 Å². The Labute approximate surface area is 123 Å². The molecule has 7 heteroatoms. The Bertz CT molecular complexity index is 632. The number of likely N-dealkylation sites (tertiary alicyclic amines) is 1. The predicted molar refractivity (Wildman–Crippen MR) is 76.1 cm³/mol. The van der Waals surface area contributed by atoms with Gasteiger partial charge in [-0.2, -0.15) is 8.42 Å². The Kier molecular flexibility index (Phi) is 4.51. The van der Waals surface area contributed by atoms with E-state index in [1.807, 2.05) is 25.1 Å². The number of methoxy groups -OCH3 is 1. The standard InChI is InChI=1S/C14H18FNO4S/c1-10(12-5-3-4-6-13(12)20-2)16-8-11(7-14(16)17)9-21(15,18)19/h3-6,10-11H,7-9H2,1-2H3. The molecule has 0 N–H and O–H groups in total. The third-order valence-electron chi connectivity index (χ3n) is 3.73. The molecule has 1 fully saturated rings. The molecule has 1 heterocycles. The van der Waals surface area contributed by atoms with Gasteiger partial charge in [0, 0.05) is 24.4 Å². The molecule has 1 saturated heterocycles. The number of para-hydroxylation sites is 1. The lowest BCUT2D eigenvalue weighted by Gasteiger charge is -2.26. The second kappa shape index (κ2) is 6.01. The smallest absolute Gasteiger partial charge is 0.302 e. The SMILES string of the molecule is COc1ccccc1C(C)N1CC(CS(=O)(=O)F)CC1=O. The Morgan fingerprint density at radius 2 is 2.10 bits per heavy atom. The molecule has 2 unspecified atom stereocenters. The van der Waals surface area contributed by atoms with E-state index in [0.717, 1.165) is 5.56 Å². The Balaban J connectivity index is 2.16. The first-order valence-corrected chi connectivity index (χ1v) is 8.22. The van der Waals surface area contributed by atoms with Crippen LogP contribution in [-0.2, 0) is 15.0 Å². The zero-order valence-electron chi connectivity index (χ0n) is 12.0. The third kappa shape index (κ3) is 3.72. The van der Waals surface area contributed by atoms with Crippen molar-refractivity contribution in [1.82, 2.24) is 4.90 Å². The largest absolute Gasteiger partial charge is 0.496 e. The topological polar surface area (TPSA) is 63.7 Å². The van der Waals surface area contributed by atoms with Gasteiger partial charge in [0.2, 0.25) is 5.91 Å². The molecule has 1 aromatic rings. The summed E-state index contributed by atoms with van der Waals surface area (Å²) in [5.41, 5.74) is 0.845. The van der Waals surface area contributed by atoms with E-state index in [2.05, 4.69) is 0 Å². The van der Waals surface area contributed by atoms with Gasteiger partial charge in [-0.3, -0.25) is 4.79 Å². The van der Waals surface area contributed by atoms with Crippen molar-refractivity contribution >= 4 is 16.1 Å². The van der Waals surface area contributed by atoms with Crippen molar-refractivity contribution in [2.24, 2.45) is 5.92 Å². The van der Waals surface area contributed by atoms with Gasteiger partial charge in [-0.05, 0) is 13.0 Å². The number of rotatable bonds is 5. The normalized spacial score (nSPS) is 20.6. The lowest BCUT2D eigenvalue weighted by atomic mass is 10.1. The molecule has 5 nitrogen and oxygen atoms in total. The highest BCUT2D eigenvalue weighted by Gasteiger charge is 2.36. The first-order chi connectivity index (χ1) is 9.81. The van der Waals surface area contributed by atoms with Gasteiger partial charge in [0.25, 0.3) is 0 Å². The average Bonchev–Trinajstić information content (AvgIpc) is 2.76. The molecule has 0 bridgehead atoms. The fourth-order valence-corrected chi connectivity index (χ4v) is 3.54. The van der Waals surface area contributed by atoms with Crippen LogP contribution < -0.4 is 4.74 Å². The monoisotopic (exact) mass is 315 g/mol. The first kappa shape index (κ1) is 15.8. The first-order valence-electron chi connectivity index (χ1n) is 6.66. The molecule has 1 aliphatic rings. The minimum absolute atomic E-state index is 0.0582. The van der Waals surface area contributed by atoms with E-state index in [4.69, 9.17) is 4.74 Å². The zero-order chi connectivity index (χ0) is 15.6. The Morgan fingerprint density at radius 1 is 1.43 bits per heavy atom. The molecule has 0 saturated carbocycles. The van der Waals surface area contributed by atoms with Crippen LogP contribution in [0.1, 0.15) is 24.9 Å². The summed E-state index contributed by atoms with van der Waals surface area (Å²) in [5, 5.41) is 0. The molecule has 2 atom stereocenters. The maximum Gasteiger partial charge on any atom is 0.302 e.